The molecule has 0 saturated carbocycles. The second-order valence-corrected chi connectivity index (χ2v) is 12.8. The zero-order valence-electron chi connectivity index (χ0n) is 25.0. The minimum atomic E-state index is -0.512. The Hall–Kier alpha value is -3.68. The van der Waals surface area contributed by atoms with Crippen molar-refractivity contribution < 1.29 is 19.1 Å². The number of rotatable bonds is 5. The maximum absolute atomic E-state index is 13.1. The highest BCUT2D eigenvalue weighted by Gasteiger charge is 2.47. The smallest absolute Gasteiger partial charge is 0.410 e. The number of ether oxygens (including phenoxy) is 2. The molecule has 0 aliphatic carbocycles. The van der Waals surface area contributed by atoms with E-state index in [0.29, 0.717) is 18.7 Å². The number of benzene rings is 3. The summed E-state index contributed by atoms with van der Waals surface area (Å²) in [4.78, 5) is 32.1. The molecular formula is C35H41N3O4. The monoisotopic (exact) mass is 567 g/mol. The summed E-state index contributed by atoms with van der Waals surface area (Å²) in [5.41, 5.74) is 5.39. The highest BCUT2D eigenvalue weighted by Crippen LogP contribution is 2.45. The average Bonchev–Trinajstić information content (AvgIpc) is 3.24. The lowest BCUT2D eigenvalue weighted by Gasteiger charge is -2.38. The predicted molar refractivity (Wildman–Crippen MR) is 163 cm³/mol. The van der Waals surface area contributed by atoms with Crippen LogP contribution < -0.4 is 0 Å². The van der Waals surface area contributed by atoms with Gasteiger partial charge in [0.05, 0.1) is 5.56 Å². The molecule has 2 fully saturated rings. The minimum absolute atomic E-state index is 0.206. The van der Waals surface area contributed by atoms with E-state index in [1.807, 2.05) is 32.9 Å². The number of piperazine rings is 1. The van der Waals surface area contributed by atoms with Gasteiger partial charge in [-0.25, -0.2) is 9.59 Å². The SMILES string of the molecule is CC(C)(C)OC(=O)N1CCN(Cc2cccc(-c3ccc4c(c3)C(=O)OC43CCN(Cc4ccccc4)CC3)c2)CC1. The van der Waals surface area contributed by atoms with Crippen molar-refractivity contribution in [3.63, 3.8) is 0 Å². The van der Waals surface area contributed by atoms with E-state index in [4.69, 9.17) is 9.47 Å². The second kappa shape index (κ2) is 11.5. The Morgan fingerprint density at radius 3 is 2.14 bits per heavy atom. The van der Waals surface area contributed by atoms with E-state index >= 15 is 0 Å². The van der Waals surface area contributed by atoms with Crippen LogP contribution in [0.3, 0.4) is 0 Å². The van der Waals surface area contributed by atoms with Crippen molar-refractivity contribution in [3.05, 3.63) is 95.1 Å². The lowest BCUT2D eigenvalue weighted by molar-refractivity contribution is -0.0441. The normalized spacial score (nSPS) is 19.0. The first-order chi connectivity index (χ1) is 20.2. The number of carbonyl (C=O) groups is 2. The van der Waals surface area contributed by atoms with E-state index in [1.165, 1.54) is 11.1 Å². The Kier molecular flexibility index (Phi) is 7.81. The molecule has 42 heavy (non-hydrogen) atoms. The molecule has 1 spiro atoms. The first kappa shape index (κ1) is 28.4. The number of hydrogen-bond acceptors (Lipinski definition) is 6. The van der Waals surface area contributed by atoms with Crippen molar-refractivity contribution in [1.82, 2.24) is 14.7 Å². The molecule has 3 aromatic carbocycles. The molecule has 1 amide bonds. The molecule has 3 aliphatic rings. The standard InChI is InChI=1S/C35H41N3O4/c1-34(2,3)42-33(40)38-20-18-37(19-21-38)25-27-10-7-11-28(22-27)29-12-13-31-30(23-29)32(39)41-35(31)14-16-36(17-15-35)24-26-8-5-4-6-9-26/h4-13,22-23H,14-21,24-25H2,1-3H3. The lowest BCUT2D eigenvalue weighted by Crippen LogP contribution is -2.49. The van der Waals surface area contributed by atoms with Crippen LogP contribution in [0.15, 0.2) is 72.8 Å². The summed E-state index contributed by atoms with van der Waals surface area (Å²) >= 11 is 0. The molecule has 6 rings (SSSR count). The van der Waals surface area contributed by atoms with Gasteiger partial charge >= 0.3 is 12.1 Å². The molecule has 3 aliphatic heterocycles. The van der Waals surface area contributed by atoms with Crippen molar-refractivity contribution in [2.75, 3.05) is 39.3 Å². The summed E-state index contributed by atoms with van der Waals surface area (Å²) in [5, 5.41) is 0. The van der Waals surface area contributed by atoms with Gasteiger partial charge in [-0.3, -0.25) is 9.80 Å². The highest BCUT2D eigenvalue weighted by atomic mass is 16.6. The van der Waals surface area contributed by atoms with Crippen LogP contribution in [0.5, 0.6) is 0 Å². The van der Waals surface area contributed by atoms with Gasteiger partial charge in [-0.05, 0) is 55.2 Å². The van der Waals surface area contributed by atoms with Gasteiger partial charge < -0.3 is 14.4 Å². The number of nitrogens with zero attached hydrogens (tertiary/aromatic N) is 3. The third-order valence-electron chi connectivity index (χ3n) is 8.62. The van der Waals surface area contributed by atoms with E-state index in [1.54, 1.807) is 4.90 Å². The van der Waals surface area contributed by atoms with Crippen molar-refractivity contribution in [2.45, 2.75) is 57.9 Å². The zero-order chi connectivity index (χ0) is 29.3. The van der Waals surface area contributed by atoms with Gasteiger partial charge in [0.15, 0.2) is 0 Å². The van der Waals surface area contributed by atoms with E-state index in [-0.39, 0.29) is 12.1 Å². The van der Waals surface area contributed by atoms with Crippen molar-refractivity contribution >= 4 is 12.1 Å². The number of likely N-dealkylation sites (tertiary alicyclic amines) is 1. The third-order valence-corrected chi connectivity index (χ3v) is 8.62. The molecule has 0 bridgehead atoms. The van der Waals surface area contributed by atoms with Crippen LogP contribution in [0.2, 0.25) is 0 Å². The third kappa shape index (κ3) is 6.22. The van der Waals surface area contributed by atoms with Crippen LogP contribution in [-0.4, -0.2) is 71.6 Å². The Morgan fingerprint density at radius 2 is 1.43 bits per heavy atom. The van der Waals surface area contributed by atoms with Crippen LogP contribution in [0, 0.1) is 0 Å². The molecule has 0 aromatic heterocycles. The van der Waals surface area contributed by atoms with Crippen LogP contribution in [0.25, 0.3) is 11.1 Å². The van der Waals surface area contributed by atoms with Gasteiger partial charge in [0, 0.05) is 70.8 Å². The van der Waals surface area contributed by atoms with Crippen molar-refractivity contribution in [1.29, 1.82) is 0 Å². The topological polar surface area (TPSA) is 62.3 Å². The Bertz CT molecular complexity index is 1430. The quantitative estimate of drug-likeness (QED) is 0.349. The number of fused-ring (bicyclic) bond motifs is 2. The van der Waals surface area contributed by atoms with Gasteiger partial charge in [-0.1, -0.05) is 60.7 Å². The Morgan fingerprint density at radius 1 is 0.786 bits per heavy atom. The summed E-state index contributed by atoms with van der Waals surface area (Å²) in [6.07, 6.45) is 1.39. The van der Waals surface area contributed by atoms with Crippen LogP contribution >= 0.6 is 0 Å². The molecule has 0 unspecified atom stereocenters. The van der Waals surface area contributed by atoms with Crippen LogP contribution in [0.1, 0.15) is 60.7 Å². The van der Waals surface area contributed by atoms with E-state index in [2.05, 4.69) is 70.5 Å². The van der Waals surface area contributed by atoms with Crippen LogP contribution in [0.4, 0.5) is 4.79 Å². The first-order valence-electron chi connectivity index (χ1n) is 15.1. The predicted octanol–water partition coefficient (Wildman–Crippen LogP) is 6.07. The summed E-state index contributed by atoms with van der Waals surface area (Å²) in [6, 6.07) is 25.3. The highest BCUT2D eigenvalue weighted by molar-refractivity contribution is 5.96. The van der Waals surface area contributed by atoms with E-state index in [9.17, 15) is 9.59 Å². The van der Waals surface area contributed by atoms with Crippen molar-refractivity contribution in [2.24, 2.45) is 0 Å². The van der Waals surface area contributed by atoms with E-state index < -0.39 is 11.2 Å². The minimum Gasteiger partial charge on any atom is -0.450 e. The molecule has 3 aromatic rings. The van der Waals surface area contributed by atoms with Gasteiger partial charge in [0.1, 0.15) is 11.2 Å². The molecule has 0 atom stereocenters. The zero-order valence-corrected chi connectivity index (χ0v) is 25.0. The maximum atomic E-state index is 13.1. The average molecular weight is 568 g/mol. The molecule has 0 N–H and O–H groups in total. The molecular weight excluding hydrogens is 526 g/mol. The molecule has 7 heteroatoms. The summed E-state index contributed by atoms with van der Waals surface area (Å²) < 4.78 is 11.6. The number of amides is 1. The molecule has 7 nitrogen and oxygen atoms in total. The molecule has 3 heterocycles. The van der Waals surface area contributed by atoms with Gasteiger partial charge in [-0.15, -0.1) is 0 Å². The number of carbonyl (C=O) groups excluding carboxylic acids is 2. The number of hydrogen-bond donors (Lipinski definition) is 0. The Labute approximate surface area is 249 Å². The summed E-state index contributed by atoms with van der Waals surface area (Å²) in [6.45, 7) is 12.2. The van der Waals surface area contributed by atoms with E-state index in [0.717, 1.165) is 68.8 Å². The molecule has 0 radical (unpaired) electrons. The van der Waals surface area contributed by atoms with Gasteiger partial charge in [0.2, 0.25) is 0 Å². The van der Waals surface area contributed by atoms with Gasteiger partial charge in [-0.2, -0.15) is 0 Å². The van der Waals surface area contributed by atoms with Crippen LogP contribution in [-0.2, 0) is 28.2 Å². The van der Waals surface area contributed by atoms with Gasteiger partial charge in [0.25, 0.3) is 0 Å². The molecule has 220 valence electrons. The summed E-state index contributed by atoms with van der Waals surface area (Å²) in [5.74, 6) is -0.206. The number of esters is 1. The lowest BCUT2D eigenvalue weighted by atomic mass is 9.82. The fourth-order valence-electron chi connectivity index (χ4n) is 6.39. The fourth-order valence-corrected chi connectivity index (χ4v) is 6.39. The fraction of sp³-hybridized carbons (Fsp3) is 0.429. The second-order valence-electron chi connectivity index (χ2n) is 12.8. The summed E-state index contributed by atoms with van der Waals surface area (Å²) in [7, 11) is 0. The maximum Gasteiger partial charge on any atom is 0.410 e. The number of piperidine rings is 1. The first-order valence-corrected chi connectivity index (χ1v) is 15.1. The largest absolute Gasteiger partial charge is 0.450 e. The Balaban J connectivity index is 1.09. The molecule has 2 saturated heterocycles. The van der Waals surface area contributed by atoms with Crippen molar-refractivity contribution in [3.8, 4) is 11.1 Å².